The highest BCUT2D eigenvalue weighted by Crippen LogP contribution is 2.39. The predicted octanol–water partition coefficient (Wildman–Crippen LogP) is 4.61. The molecule has 0 unspecified atom stereocenters. The number of rotatable bonds is 4. The molecule has 3 heterocycles. The number of aryl methyl sites for hydroxylation is 1. The molecule has 156 valence electrons. The fraction of sp³-hybridized carbons (Fsp3) is 0.400. The molecular weight excluding hydrogens is 376 g/mol. The van der Waals surface area contributed by atoms with Gasteiger partial charge in [-0.2, -0.15) is 0 Å². The third-order valence-corrected chi connectivity index (χ3v) is 6.71. The zero-order valence-corrected chi connectivity index (χ0v) is 17.9. The van der Waals surface area contributed by atoms with Crippen molar-refractivity contribution >= 4 is 16.9 Å². The van der Waals surface area contributed by atoms with Crippen LogP contribution in [0, 0.1) is 6.92 Å². The molecular formula is C25H28N2O3. The second-order valence-corrected chi connectivity index (χ2v) is 8.49. The van der Waals surface area contributed by atoms with E-state index in [0.29, 0.717) is 12.6 Å². The lowest BCUT2D eigenvalue weighted by atomic mass is 10.00. The van der Waals surface area contributed by atoms with E-state index < -0.39 is 0 Å². The van der Waals surface area contributed by atoms with Crippen molar-refractivity contribution < 1.29 is 13.9 Å². The second kappa shape index (κ2) is 7.47. The molecule has 0 N–H and O–H groups in total. The molecule has 2 aliphatic rings. The summed E-state index contributed by atoms with van der Waals surface area (Å²) in [6.45, 7) is 6.53. The number of fused-ring (bicyclic) bond motifs is 2. The number of nitrogens with zero attached hydrogens (tertiary/aromatic N) is 2. The zero-order valence-electron chi connectivity index (χ0n) is 17.9. The molecule has 2 saturated heterocycles. The third-order valence-electron chi connectivity index (χ3n) is 6.71. The molecule has 1 aromatic heterocycles. The number of piperazine rings is 1. The Kier molecular flexibility index (Phi) is 4.78. The molecule has 5 rings (SSSR count). The van der Waals surface area contributed by atoms with Crippen LogP contribution < -0.4 is 4.74 Å². The van der Waals surface area contributed by atoms with Crippen molar-refractivity contribution in [2.24, 2.45) is 0 Å². The van der Waals surface area contributed by atoms with Gasteiger partial charge in [0.05, 0.1) is 13.2 Å². The minimum absolute atomic E-state index is 0.113. The predicted molar refractivity (Wildman–Crippen MR) is 118 cm³/mol. The van der Waals surface area contributed by atoms with Gasteiger partial charge in [0, 0.05) is 42.2 Å². The van der Waals surface area contributed by atoms with Gasteiger partial charge >= 0.3 is 0 Å². The minimum atomic E-state index is -0.113. The molecule has 5 heteroatoms. The molecule has 0 saturated carbocycles. The van der Waals surface area contributed by atoms with Crippen molar-refractivity contribution in [3.63, 3.8) is 0 Å². The van der Waals surface area contributed by atoms with Gasteiger partial charge in [-0.15, -0.1) is 0 Å². The number of ether oxygens (including phenoxy) is 1. The largest absolute Gasteiger partial charge is 0.496 e. The Hall–Kier alpha value is -2.79. The fourth-order valence-electron chi connectivity index (χ4n) is 5.13. The smallest absolute Gasteiger partial charge is 0.239 e. The van der Waals surface area contributed by atoms with Crippen LogP contribution in [0.2, 0.25) is 0 Å². The highest BCUT2D eigenvalue weighted by Gasteiger charge is 2.40. The van der Waals surface area contributed by atoms with Gasteiger partial charge in [-0.05, 0) is 44.4 Å². The van der Waals surface area contributed by atoms with Crippen LogP contribution in [0.15, 0.2) is 46.9 Å². The molecule has 2 aliphatic heterocycles. The molecule has 3 aromatic rings. The number of methoxy groups -OCH3 is 1. The maximum atomic E-state index is 12.8. The fourth-order valence-corrected chi connectivity index (χ4v) is 5.13. The van der Waals surface area contributed by atoms with Gasteiger partial charge in [0.25, 0.3) is 0 Å². The molecule has 0 bridgehead atoms. The Morgan fingerprint density at radius 2 is 2.00 bits per heavy atom. The van der Waals surface area contributed by atoms with E-state index in [1.807, 2.05) is 32.0 Å². The van der Waals surface area contributed by atoms with E-state index in [1.165, 1.54) is 0 Å². The molecule has 0 radical (unpaired) electrons. The lowest BCUT2D eigenvalue weighted by molar-refractivity contribution is -0.143. The highest BCUT2D eigenvalue weighted by molar-refractivity contribution is 5.97. The summed E-state index contributed by atoms with van der Waals surface area (Å²) in [5, 5.41) is 1.06. The van der Waals surface area contributed by atoms with Gasteiger partial charge in [0.1, 0.15) is 17.1 Å². The highest BCUT2D eigenvalue weighted by atomic mass is 16.5. The Balaban J connectivity index is 1.51. The van der Waals surface area contributed by atoms with E-state index in [1.54, 1.807) is 7.11 Å². The van der Waals surface area contributed by atoms with Crippen molar-refractivity contribution in [2.45, 2.75) is 45.3 Å². The van der Waals surface area contributed by atoms with Crippen LogP contribution in [-0.4, -0.2) is 48.0 Å². The van der Waals surface area contributed by atoms with Gasteiger partial charge in [-0.1, -0.05) is 30.3 Å². The monoisotopic (exact) mass is 404 g/mol. The summed E-state index contributed by atoms with van der Waals surface area (Å²) in [5.41, 5.74) is 4.17. The van der Waals surface area contributed by atoms with Crippen molar-refractivity contribution in [1.82, 2.24) is 9.80 Å². The molecule has 2 atom stereocenters. The van der Waals surface area contributed by atoms with Crippen LogP contribution in [0.5, 0.6) is 5.75 Å². The van der Waals surface area contributed by atoms with E-state index in [2.05, 4.69) is 34.1 Å². The van der Waals surface area contributed by atoms with E-state index in [4.69, 9.17) is 9.15 Å². The molecule has 2 aromatic carbocycles. The third kappa shape index (κ3) is 3.08. The maximum Gasteiger partial charge on any atom is 0.239 e. The van der Waals surface area contributed by atoms with Gasteiger partial charge in [-0.3, -0.25) is 9.69 Å². The topological polar surface area (TPSA) is 45.9 Å². The Morgan fingerprint density at radius 3 is 2.77 bits per heavy atom. The first-order valence-corrected chi connectivity index (χ1v) is 10.8. The van der Waals surface area contributed by atoms with Crippen molar-refractivity contribution in [1.29, 1.82) is 0 Å². The number of furan rings is 1. The van der Waals surface area contributed by atoms with E-state index in [-0.39, 0.29) is 11.9 Å². The summed E-state index contributed by atoms with van der Waals surface area (Å²) in [6.07, 6.45) is 2.21. The summed E-state index contributed by atoms with van der Waals surface area (Å²) in [6, 6.07) is 14.7. The normalized spacial score (nSPS) is 22.0. The maximum absolute atomic E-state index is 12.8. The summed E-state index contributed by atoms with van der Waals surface area (Å²) in [4.78, 5) is 17.2. The summed E-state index contributed by atoms with van der Waals surface area (Å²) in [7, 11) is 1.71. The molecule has 0 aliphatic carbocycles. The van der Waals surface area contributed by atoms with Gasteiger partial charge in [0.2, 0.25) is 5.91 Å². The first-order valence-electron chi connectivity index (χ1n) is 10.8. The van der Waals surface area contributed by atoms with Crippen LogP contribution in [0.4, 0.5) is 0 Å². The van der Waals surface area contributed by atoms with Crippen molar-refractivity contribution in [2.75, 3.05) is 20.2 Å². The van der Waals surface area contributed by atoms with Gasteiger partial charge in [-0.25, -0.2) is 0 Å². The van der Waals surface area contributed by atoms with Crippen LogP contribution in [0.3, 0.4) is 0 Å². The average molecular weight is 405 g/mol. The number of hydrogen-bond acceptors (Lipinski definition) is 4. The van der Waals surface area contributed by atoms with Crippen molar-refractivity contribution in [3.8, 4) is 16.9 Å². The zero-order chi connectivity index (χ0) is 20.8. The lowest BCUT2D eigenvalue weighted by Gasteiger charge is -2.41. The summed E-state index contributed by atoms with van der Waals surface area (Å²) >= 11 is 0. The van der Waals surface area contributed by atoms with Crippen LogP contribution in [-0.2, 0) is 11.3 Å². The molecule has 0 spiro atoms. The standard InChI is InChI=1S/C25H28N2O3/c1-16-25(28)27-11-7-10-20(27)15-26(16)14-19-12-23-21(13-22(19)29-3)24(17(2)30-23)18-8-5-4-6-9-18/h4-6,8-9,12-13,16,20H,7,10-11,14-15H2,1-3H3/t16-,20-/m0/s1. The number of carbonyl (C=O) groups excluding carboxylic acids is 1. The number of benzene rings is 2. The number of hydrogen-bond donors (Lipinski definition) is 0. The Labute approximate surface area is 177 Å². The number of amides is 1. The summed E-state index contributed by atoms with van der Waals surface area (Å²) in [5.74, 6) is 2.00. The van der Waals surface area contributed by atoms with E-state index in [9.17, 15) is 4.79 Å². The summed E-state index contributed by atoms with van der Waals surface area (Å²) < 4.78 is 11.9. The number of carbonyl (C=O) groups is 1. The minimum Gasteiger partial charge on any atom is -0.496 e. The van der Waals surface area contributed by atoms with Gasteiger partial charge in [0.15, 0.2) is 0 Å². The van der Waals surface area contributed by atoms with Crippen LogP contribution in [0.1, 0.15) is 31.1 Å². The van der Waals surface area contributed by atoms with Gasteiger partial charge < -0.3 is 14.1 Å². The Morgan fingerprint density at radius 1 is 1.20 bits per heavy atom. The molecule has 5 nitrogen and oxygen atoms in total. The van der Waals surface area contributed by atoms with E-state index >= 15 is 0 Å². The van der Waals surface area contributed by atoms with Crippen molar-refractivity contribution in [3.05, 3.63) is 53.8 Å². The SMILES string of the molecule is COc1cc2c(-c3ccccc3)c(C)oc2cc1CN1C[C@@H]2CCCN2C(=O)[C@@H]1C. The molecule has 30 heavy (non-hydrogen) atoms. The molecule has 1 amide bonds. The van der Waals surface area contributed by atoms with E-state index in [0.717, 1.165) is 65.1 Å². The first kappa shape index (κ1) is 19.2. The second-order valence-electron chi connectivity index (χ2n) is 8.49. The first-order chi connectivity index (χ1) is 14.6. The Bertz CT molecular complexity index is 1090. The van der Waals surface area contributed by atoms with Crippen LogP contribution in [0.25, 0.3) is 22.1 Å². The van der Waals surface area contributed by atoms with Crippen LogP contribution >= 0.6 is 0 Å². The lowest BCUT2D eigenvalue weighted by Crippen LogP contribution is -2.58. The average Bonchev–Trinajstić information content (AvgIpc) is 3.35. The quantitative estimate of drug-likeness (QED) is 0.637. The molecule has 2 fully saturated rings.